The fraction of sp³-hybridized carbons (Fsp3) is 0.765. The molecule has 5 atom stereocenters. The van der Waals surface area contributed by atoms with E-state index < -0.39 is 97.5 Å². The topological polar surface area (TPSA) is 237 Å². The van der Waals surface area contributed by atoms with E-state index in [-0.39, 0.29) is 25.7 Å². The van der Waals surface area contributed by atoms with Crippen LogP contribution in [0.1, 0.15) is 362 Å². The molecule has 0 aromatic rings. The maximum Gasteiger partial charge on any atom is 0.472 e. The van der Waals surface area contributed by atoms with E-state index in [4.69, 9.17) is 37.0 Å². The van der Waals surface area contributed by atoms with Gasteiger partial charge in [-0.25, -0.2) is 9.13 Å². The van der Waals surface area contributed by atoms with Crippen molar-refractivity contribution in [2.75, 3.05) is 39.6 Å². The van der Waals surface area contributed by atoms with Crippen LogP contribution in [0.25, 0.3) is 0 Å². The maximum atomic E-state index is 13.1. The van der Waals surface area contributed by atoms with E-state index in [2.05, 4.69) is 113 Å². The smallest absolute Gasteiger partial charge is 0.462 e. The van der Waals surface area contributed by atoms with Crippen molar-refractivity contribution in [1.82, 2.24) is 0 Å². The van der Waals surface area contributed by atoms with Gasteiger partial charge in [0, 0.05) is 25.7 Å². The number of phosphoric ester groups is 2. The second-order valence-electron chi connectivity index (χ2n) is 27.7. The number of hydrogen-bond donors (Lipinski definition) is 3. The molecule has 0 aliphatic carbocycles. The van der Waals surface area contributed by atoms with E-state index in [1.807, 2.05) is 12.2 Å². The maximum absolute atomic E-state index is 13.1. The molecule has 0 aliphatic heterocycles. The Morgan fingerprint density at radius 3 is 0.846 bits per heavy atom. The van der Waals surface area contributed by atoms with Gasteiger partial charge in [-0.2, -0.15) is 0 Å². The van der Waals surface area contributed by atoms with Gasteiger partial charge in [0.2, 0.25) is 0 Å². The molecule has 3 N–H and O–H groups in total. The molecule has 0 heterocycles. The highest BCUT2D eigenvalue weighted by Crippen LogP contribution is 2.45. The van der Waals surface area contributed by atoms with Crippen molar-refractivity contribution in [3.05, 3.63) is 97.2 Å². The summed E-state index contributed by atoms with van der Waals surface area (Å²) in [6.45, 7) is 4.71. The average molecular weight is 1510 g/mol. The van der Waals surface area contributed by atoms with Crippen LogP contribution in [-0.4, -0.2) is 96.7 Å². The van der Waals surface area contributed by atoms with Crippen LogP contribution >= 0.6 is 15.6 Å². The summed E-state index contributed by atoms with van der Waals surface area (Å²) in [6.07, 6.45) is 82.5. The van der Waals surface area contributed by atoms with Crippen LogP contribution in [0.3, 0.4) is 0 Å². The largest absolute Gasteiger partial charge is 0.472 e. The Kier molecular flexibility index (Phi) is 74.2. The lowest BCUT2D eigenvalue weighted by Crippen LogP contribution is -2.30. The van der Waals surface area contributed by atoms with Gasteiger partial charge in [-0.05, 0) is 96.3 Å². The normalized spacial score (nSPS) is 14.3. The number of phosphoric acid groups is 2. The number of aliphatic hydroxyl groups is 1. The first-order valence-corrected chi connectivity index (χ1v) is 44.5. The van der Waals surface area contributed by atoms with Crippen molar-refractivity contribution in [3.8, 4) is 0 Å². The van der Waals surface area contributed by atoms with Gasteiger partial charge in [-0.15, -0.1) is 0 Å². The highest BCUT2D eigenvalue weighted by Gasteiger charge is 2.30. The minimum absolute atomic E-state index is 0.0382. The van der Waals surface area contributed by atoms with Gasteiger partial charge >= 0.3 is 39.5 Å². The van der Waals surface area contributed by atoms with Gasteiger partial charge < -0.3 is 33.8 Å². The average Bonchev–Trinajstić information content (AvgIpc) is 0.918. The van der Waals surface area contributed by atoms with Crippen LogP contribution in [0.5, 0.6) is 0 Å². The molecule has 0 aromatic carbocycles. The summed E-state index contributed by atoms with van der Waals surface area (Å²) in [5, 5.41) is 10.7. The summed E-state index contributed by atoms with van der Waals surface area (Å²) in [5.74, 6) is -2.26. The molecule has 0 rings (SSSR count). The zero-order chi connectivity index (χ0) is 76.0. The van der Waals surface area contributed by atoms with E-state index in [9.17, 15) is 43.2 Å². The lowest BCUT2D eigenvalue weighted by molar-refractivity contribution is -0.161. The van der Waals surface area contributed by atoms with Crippen LogP contribution in [0.15, 0.2) is 97.2 Å². The molecule has 0 spiro atoms. The van der Waals surface area contributed by atoms with Crippen LogP contribution in [0.2, 0.25) is 0 Å². The first-order valence-electron chi connectivity index (χ1n) is 41.5. The molecule has 17 nitrogen and oxygen atoms in total. The van der Waals surface area contributed by atoms with E-state index in [0.29, 0.717) is 32.1 Å². The first kappa shape index (κ1) is 100.0. The van der Waals surface area contributed by atoms with Gasteiger partial charge in [-0.1, -0.05) is 337 Å². The van der Waals surface area contributed by atoms with Crippen molar-refractivity contribution in [2.24, 2.45) is 0 Å². The van der Waals surface area contributed by atoms with Crippen molar-refractivity contribution >= 4 is 39.5 Å². The van der Waals surface area contributed by atoms with E-state index >= 15 is 0 Å². The highest BCUT2D eigenvalue weighted by molar-refractivity contribution is 7.47. The molecule has 2 unspecified atom stereocenters. The highest BCUT2D eigenvalue weighted by atomic mass is 31.2. The number of allylic oxidation sites excluding steroid dienone is 16. The van der Waals surface area contributed by atoms with Crippen LogP contribution < -0.4 is 0 Å². The quantitative estimate of drug-likeness (QED) is 0.0169. The molecule has 19 heteroatoms. The number of ether oxygens (including phenoxy) is 4. The molecule has 0 bridgehead atoms. The third-order valence-electron chi connectivity index (χ3n) is 17.6. The van der Waals surface area contributed by atoms with Crippen molar-refractivity contribution < 1.29 is 80.2 Å². The Hall–Kier alpha value is -4.02. The molecule has 0 radical (unpaired) electrons. The predicted molar refractivity (Wildman–Crippen MR) is 427 cm³/mol. The summed E-state index contributed by atoms with van der Waals surface area (Å²) < 4.78 is 68.6. The molecular formula is C85H150O17P2. The summed E-state index contributed by atoms with van der Waals surface area (Å²) in [4.78, 5) is 73.1. The minimum atomic E-state index is -4.99. The Bertz CT molecular complexity index is 2350. The fourth-order valence-electron chi connectivity index (χ4n) is 11.3. The first-order chi connectivity index (χ1) is 50.7. The number of unbranched alkanes of at least 4 members (excludes halogenated alkanes) is 36. The molecule has 0 amide bonds. The Morgan fingerprint density at radius 1 is 0.279 bits per heavy atom. The molecule has 0 fully saturated rings. The second kappa shape index (κ2) is 77.1. The van der Waals surface area contributed by atoms with E-state index in [1.165, 1.54) is 154 Å². The predicted octanol–water partition coefficient (Wildman–Crippen LogP) is 24.3. The van der Waals surface area contributed by atoms with E-state index in [1.54, 1.807) is 0 Å². The third-order valence-corrected chi connectivity index (χ3v) is 19.5. The zero-order valence-corrected chi connectivity index (χ0v) is 67.7. The number of rotatable bonds is 78. The summed E-state index contributed by atoms with van der Waals surface area (Å²) in [5.41, 5.74) is 0. The fourth-order valence-corrected chi connectivity index (χ4v) is 12.9. The standard InChI is InChI=1S/C85H150O17P2/c1-5-9-13-17-21-25-29-33-37-38-39-40-44-46-50-54-58-62-66-70-83(88)96-76-81(102-85(90)72-68-64-60-56-52-48-43-36-32-28-24-20-16-12-8-4)78-100-104(93,94)98-74-79(86)73-97-103(91,92)99-77-80(101-84(89)71-67-63-59-55-51-47-42-35-31-27-23-19-15-11-7-3)75-95-82(87)69-65-61-57-53-49-45-41-34-30-26-22-18-14-10-6-2/h9,13,21,23,25,27,33,35,37,39-40,42,46,50,58,62,79-81,86H,5-8,10-12,14-20,22,24,26,28-32,34,36,38,41,43-45,47-49,51-57,59-61,63-78H2,1-4H3,(H,91,92)(H,93,94)/b13-9-,25-21-,27-23-,37-33-,40-39-,42-35-,50-46-,62-58-/t79-,80+,81+/m0/s1. The molecule has 0 saturated carbocycles. The number of esters is 4. The summed E-state index contributed by atoms with van der Waals surface area (Å²) in [6, 6.07) is 0. The number of hydrogen-bond acceptors (Lipinski definition) is 15. The van der Waals surface area contributed by atoms with Gasteiger partial charge in [-0.3, -0.25) is 37.3 Å². The van der Waals surface area contributed by atoms with Gasteiger partial charge in [0.1, 0.15) is 19.3 Å². The van der Waals surface area contributed by atoms with Crippen molar-refractivity contribution in [1.29, 1.82) is 0 Å². The SMILES string of the molecule is CC/C=C\C/C=C\C/C=C\C/C=C\C/C=C\C/C=C\CCC(=O)OC[C@H](COP(=O)(O)OC[C@@H](O)COP(=O)(O)OC[C@@H](COC(=O)CCCCCCCCCCCCCCCCC)OC(=O)CCCCCCC/C=C\C/C=C\CCCCC)OC(=O)CCCCCCCCCCCCCCCCC. The lowest BCUT2D eigenvalue weighted by atomic mass is 10.0. The van der Waals surface area contributed by atoms with Gasteiger partial charge in [0.05, 0.1) is 26.4 Å². The van der Waals surface area contributed by atoms with Crippen LogP contribution in [0, 0.1) is 0 Å². The van der Waals surface area contributed by atoms with Crippen molar-refractivity contribution in [2.45, 2.75) is 380 Å². The Balaban J connectivity index is 5.41. The number of carbonyl (C=O) groups is 4. The monoisotopic (exact) mass is 1510 g/mol. The second-order valence-corrected chi connectivity index (χ2v) is 30.6. The zero-order valence-electron chi connectivity index (χ0n) is 65.9. The molecule has 602 valence electrons. The molecule has 104 heavy (non-hydrogen) atoms. The summed E-state index contributed by atoms with van der Waals surface area (Å²) >= 11 is 0. The number of carbonyl (C=O) groups excluding carboxylic acids is 4. The molecule has 0 aromatic heterocycles. The number of aliphatic hydroxyl groups excluding tert-OH is 1. The van der Waals surface area contributed by atoms with Crippen LogP contribution in [-0.2, 0) is 65.4 Å². The van der Waals surface area contributed by atoms with E-state index in [0.717, 1.165) is 122 Å². The Labute approximate surface area is 633 Å². The molecule has 0 aliphatic rings. The lowest BCUT2D eigenvalue weighted by Gasteiger charge is -2.21. The minimum Gasteiger partial charge on any atom is -0.462 e. The molecule has 0 saturated heterocycles. The third kappa shape index (κ3) is 76.2. The van der Waals surface area contributed by atoms with Crippen LogP contribution in [0.4, 0.5) is 0 Å². The molecular weight excluding hydrogens is 1350 g/mol. The van der Waals surface area contributed by atoms with Crippen molar-refractivity contribution in [3.63, 3.8) is 0 Å². The summed E-state index contributed by atoms with van der Waals surface area (Å²) in [7, 11) is -9.97. The Morgan fingerprint density at radius 2 is 0.519 bits per heavy atom. The van der Waals surface area contributed by atoms with Gasteiger partial charge in [0.25, 0.3) is 0 Å². The van der Waals surface area contributed by atoms with Gasteiger partial charge in [0.15, 0.2) is 12.2 Å².